The summed E-state index contributed by atoms with van der Waals surface area (Å²) >= 11 is 0. The van der Waals surface area contributed by atoms with Gasteiger partial charge in [-0.05, 0) is 59.5 Å². The molecule has 3 aromatic carbocycles. The molecule has 172 valence electrons. The average Bonchev–Trinajstić information content (AvgIpc) is 2.78. The molecule has 3 rings (SSSR count). The van der Waals surface area contributed by atoms with Crippen molar-refractivity contribution in [2.75, 3.05) is 17.6 Å². The molecular weight excluding hydrogens is 447 g/mol. The molecule has 0 saturated carbocycles. The van der Waals surface area contributed by atoms with E-state index in [0.717, 1.165) is 16.7 Å². The normalized spacial score (nSPS) is 11.1. The van der Waals surface area contributed by atoms with Crippen molar-refractivity contribution < 1.29 is 27.0 Å². The number of benzene rings is 3. The van der Waals surface area contributed by atoms with E-state index in [0.29, 0.717) is 17.7 Å². The standard InChI is InChI=1S/C24H23FN2O5S/c25-21-10-6-18(7-11-21)19-8-12-22(13-9-19)27-23(28)14-3-17-1-4-20(5-2-17)24(29)26-15-16-33(30,31)32/h1-2,4-13H,3,14-16H2,(H,26,29)(H,27,28)(H,30,31,32). The van der Waals surface area contributed by atoms with Crippen molar-refractivity contribution in [1.29, 1.82) is 0 Å². The summed E-state index contributed by atoms with van der Waals surface area (Å²) in [6, 6.07) is 20.1. The van der Waals surface area contributed by atoms with Crippen molar-refractivity contribution in [3.63, 3.8) is 0 Å². The molecule has 0 heterocycles. The van der Waals surface area contributed by atoms with Crippen LogP contribution in [0.25, 0.3) is 11.1 Å². The highest BCUT2D eigenvalue weighted by atomic mass is 32.2. The minimum atomic E-state index is -4.13. The van der Waals surface area contributed by atoms with E-state index in [1.54, 1.807) is 48.5 Å². The van der Waals surface area contributed by atoms with E-state index < -0.39 is 21.8 Å². The number of carbonyl (C=O) groups excluding carboxylic acids is 2. The molecule has 9 heteroatoms. The lowest BCUT2D eigenvalue weighted by Crippen LogP contribution is -2.28. The molecule has 0 bridgehead atoms. The van der Waals surface area contributed by atoms with Gasteiger partial charge in [0.2, 0.25) is 5.91 Å². The topological polar surface area (TPSA) is 113 Å². The number of aryl methyl sites for hydroxylation is 1. The first-order chi connectivity index (χ1) is 15.7. The van der Waals surface area contributed by atoms with Gasteiger partial charge in [-0.2, -0.15) is 8.42 Å². The highest BCUT2D eigenvalue weighted by Gasteiger charge is 2.09. The molecule has 0 fully saturated rings. The van der Waals surface area contributed by atoms with E-state index in [1.165, 1.54) is 12.1 Å². The van der Waals surface area contributed by atoms with Gasteiger partial charge in [-0.3, -0.25) is 14.1 Å². The fourth-order valence-electron chi connectivity index (χ4n) is 3.09. The Morgan fingerprint density at radius 3 is 2.00 bits per heavy atom. The van der Waals surface area contributed by atoms with Crippen LogP contribution in [-0.2, 0) is 21.3 Å². The third kappa shape index (κ3) is 7.81. The Labute approximate surface area is 191 Å². The minimum absolute atomic E-state index is 0.156. The maximum absolute atomic E-state index is 13.0. The molecular formula is C24H23FN2O5S. The number of hydrogen-bond donors (Lipinski definition) is 3. The monoisotopic (exact) mass is 470 g/mol. The lowest BCUT2D eigenvalue weighted by atomic mass is 10.1. The van der Waals surface area contributed by atoms with Gasteiger partial charge in [0.1, 0.15) is 5.82 Å². The van der Waals surface area contributed by atoms with E-state index in [4.69, 9.17) is 4.55 Å². The second-order valence-electron chi connectivity index (χ2n) is 7.37. The largest absolute Gasteiger partial charge is 0.351 e. The highest BCUT2D eigenvalue weighted by Crippen LogP contribution is 2.22. The summed E-state index contributed by atoms with van der Waals surface area (Å²) in [5, 5.41) is 5.24. The fraction of sp³-hybridized carbons (Fsp3) is 0.167. The first-order valence-corrected chi connectivity index (χ1v) is 11.8. The molecule has 0 aromatic heterocycles. The van der Waals surface area contributed by atoms with Crippen LogP contribution in [0.3, 0.4) is 0 Å². The smallest absolute Gasteiger partial charge is 0.266 e. The Morgan fingerprint density at radius 1 is 0.848 bits per heavy atom. The molecule has 0 aliphatic carbocycles. The quantitative estimate of drug-likeness (QED) is 0.413. The zero-order chi connectivity index (χ0) is 23.8. The van der Waals surface area contributed by atoms with E-state index in [1.807, 2.05) is 12.1 Å². The van der Waals surface area contributed by atoms with Crippen LogP contribution in [0, 0.1) is 5.82 Å². The zero-order valence-corrected chi connectivity index (χ0v) is 18.4. The van der Waals surface area contributed by atoms with Crippen LogP contribution >= 0.6 is 0 Å². The van der Waals surface area contributed by atoms with Crippen molar-refractivity contribution >= 4 is 27.6 Å². The van der Waals surface area contributed by atoms with Crippen LogP contribution in [0.2, 0.25) is 0 Å². The summed E-state index contributed by atoms with van der Waals surface area (Å²) in [5.41, 5.74) is 3.66. The van der Waals surface area contributed by atoms with Gasteiger partial charge < -0.3 is 10.6 Å². The van der Waals surface area contributed by atoms with Gasteiger partial charge in [0, 0.05) is 24.2 Å². The van der Waals surface area contributed by atoms with Crippen molar-refractivity contribution in [1.82, 2.24) is 5.32 Å². The maximum atomic E-state index is 13.0. The van der Waals surface area contributed by atoms with Gasteiger partial charge in [0.05, 0.1) is 5.75 Å². The Kier molecular flexibility index (Phi) is 7.92. The molecule has 0 atom stereocenters. The van der Waals surface area contributed by atoms with Crippen LogP contribution < -0.4 is 10.6 Å². The molecule has 3 aromatic rings. The minimum Gasteiger partial charge on any atom is -0.351 e. The Balaban J connectivity index is 1.46. The van der Waals surface area contributed by atoms with Crippen LogP contribution in [0.4, 0.5) is 10.1 Å². The number of hydrogen-bond acceptors (Lipinski definition) is 4. The van der Waals surface area contributed by atoms with Crippen molar-refractivity contribution in [3.05, 3.63) is 89.7 Å². The van der Waals surface area contributed by atoms with Crippen molar-refractivity contribution in [2.45, 2.75) is 12.8 Å². The summed E-state index contributed by atoms with van der Waals surface area (Å²) in [6.07, 6.45) is 0.726. The molecule has 2 amide bonds. The number of anilines is 1. The summed E-state index contributed by atoms with van der Waals surface area (Å²) < 4.78 is 43.1. The second-order valence-corrected chi connectivity index (χ2v) is 8.94. The van der Waals surface area contributed by atoms with Gasteiger partial charge >= 0.3 is 0 Å². The highest BCUT2D eigenvalue weighted by molar-refractivity contribution is 7.85. The summed E-state index contributed by atoms with van der Waals surface area (Å²) in [6.45, 7) is -0.190. The third-order valence-electron chi connectivity index (χ3n) is 4.85. The van der Waals surface area contributed by atoms with Crippen LogP contribution in [0.1, 0.15) is 22.3 Å². The molecule has 7 nitrogen and oxygen atoms in total. The van der Waals surface area contributed by atoms with Gasteiger partial charge in [0.15, 0.2) is 0 Å². The first kappa shape index (κ1) is 24.1. The molecule has 0 aliphatic heterocycles. The zero-order valence-electron chi connectivity index (χ0n) is 17.6. The maximum Gasteiger partial charge on any atom is 0.266 e. The molecule has 0 spiro atoms. The molecule has 3 N–H and O–H groups in total. The van der Waals surface area contributed by atoms with E-state index in [-0.39, 0.29) is 24.7 Å². The fourth-order valence-corrected chi connectivity index (χ4v) is 3.45. The second kappa shape index (κ2) is 10.8. The summed E-state index contributed by atoms with van der Waals surface area (Å²) in [4.78, 5) is 24.2. The number of halogens is 1. The van der Waals surface area contributed by atoms with Crippen LogP contribution in [-0.4, -0.2) is 37.1 Å². The van der Waals surface area contributed by atoms with E-state index in [9.17, 15) is 22.4 Å². The number of nitrogens with one attached hydrogen (secondary N) is 2. The number of rotatable bonds is 9. The third-order valence-corrected chi connectivity index (χ3v) is 5.57. The average molecular weight is 471 g/mol. The lowest BCUT2D eigenvalue weighted by Gasteiger charge is -2.08. The van der Waals surface area contributed by atoms with Gasteiger partial charge in [-0.15, -0.1) is 0 Å². The number of carbonyl (C=O) groups is 2. The Hall–Kier alpha value is -3.56. The van der Waals surface area contributed by atoms with E-state index >= 15 is 0 Å². The SMILES string of the molecule is O=C(CCc1ccc(C(=O)NCCS(=O)(=O)O)cc1)Nc1ccc(-c2ccc(F)cc2)cc1. The van der Waals surface area contributed by atoms with Gasteiger partial charge in [-0.1, -0.05) is 36.4 Å². The van der Waals surface area contributed by atoms with Crippen molar-refractivity contribution in [3.8, 4) is 11.1 Å². The Bertz CT molecular complexity index is 1210. The lowest BCUT2D eigenvalue weighted by molar-refractivity contribution is -0.116. The molecule has 0 saturated heterocycles. The van der Waals surface area contributed by atoms with Gasteiger partial charge in [0.25, 0.3) is 16.0 Å². The predicted molar refractivity (Wildman–Crippen MR) is 124 cm³/mol. The number of amides is 2. The molecule has 0 unspecified atom stereocenters. The van der Waals surface area contributed by atoms with Crippen molar-refractivity contribution in [2.24, 2.45) is 0 Å². The van der Waals surface area contributed by atoms with E-state index in [2.05, 4.69) is 10.6 Å². The summed E-state index contributed by atoms with van der Waals surface area (Å²) in [5.74, 6) is -1.46. The molecule has 0 radical (unpaired) electrons. The molecule has 0 aliphatic rings. The first-order valence-electron chi connectivity index (χ1n) is 10.2. The van der Waals surface area contributed by atoms with Crippen LogP contribution in [0.15, 0.2) is 72.8 Å². The summed E-state index contributed by atoms with van der Waals surface area (Å²) in [7, 11) is -4.13. The van der Waals surface area contributed by atoms with Gasteiger partial charge in [-0.25, -0.2) is 4.39 Å². The Morgan fingerprint density at radius 2 is 1.42 bits per heavy atom. The predicted octanol–water partition coefficient (Wildman–Crippen LogP) is 3.68. The van der Waals surface area contributed by atoms with Crippen LogP contribution in [0.5, 0.6) is 0 Å². The molecule has 33 heavy (non-hydrogen) atoms.